The molecule has 1 fully saturated rings. The molecule has 1 heterocycles. The van der Waals surface area contributed by atoms with E-state index in [0.29, 0.717) is 13.1 Å². The Morgan fingerprint density at radius 3 is 2.59 bits per heavy atom. The summed E-state index contributed by atoms with van der Waals surface area (Å²) in [7, 11) is 0. The Balaban J connectivity index is 0.00000242. The van der Waals surface area contributed by atoms with Gasteiger partial charge in [-0.05, 0) is 11.5 Å². The molecule has 2 atom stereocenters. The van der Waals surface area contributed by atoms with Crippen LogP contribution in [0, 0.1) is 5.92 Å². The van der Waals surface area contributed by atoms with Gasteiger partial charge in [0.2, 0.25) is 11.8 Å². The van der Waals surface area contributed by atoms with E-state index in [0.717, 1.165) is 5.56 Å². The van der Waals surface area contributed by atoms with Crippen LogP contribution in [-0.2, 0) is 9.59 Å². The number of nitrogens with two attached hydrogens (primary N) is 1. The molecule has 0 spiro atoms. The molecule has 0 saturated carbocycles. The van der Waals surface area contributed by atoms with E-state index in [2.05, 4.69) is 5.32 Å². The van der Waals surface area contributed by atoms with Crippen LogP contribution in [0.1, 0.15) is 31.9 Å². The molecule has 2 rings (SSSR count). The van der Waals surface area contributed by atoms with Gasteiger partial charge in [-0.1, -0.05) is 44.2 Å². The summed E-state index contributed by atoms with van der Waals surface area (Å²) in [6.07, 6.45) is 0.223. The number of carbonyl (C=O) groups is 2. The topological polar surface area (TPSA) is 75.4 Å². The Morgan fingerprint density at radius 2 is 2.00 bits per heavy atom. The highest BCUT2D eigenvalue weighted by Crippen LogP contribution is 2.19. The summed E-state index contributed by atoms with van der Waals surface area (Å²) in [5.74, 6) is -0.0417. The van der Waals surface area contributed by atoms with E-state index in [1.807, 2.05) is 44.2 Å². The van der Waals surface area contributed by atoms with Crippen LogP contribution in [0.2, 0.25) is 0 Å². The van der Waals surface area contributed by atoms with Crippen molar-refractivity contribution in [1.29, 1.82) is 0 Å². The normalized spacial score (nSPS) is 19.4. The number of piperazine rings is 1. The lowest BCUT2D eigenvalue weighted by Gasteiger charge is -2.37. The average Bonchev–Trinajstić information content (AvgIpc) is 2.47. The minimum atomic E-state index is -0.394. The van der Waals surface area contributed by atoms with Crippen LogP contribution in [-0.4, -0.2) is 35.8 Å². The molecule has 0 bridgehead atoms. The highest BCUT2D eigenvalue weighted by Gasteiger charge is 2.35. The van der Waals surface area contributed by atoms with Gasteiger partial charge in [0.05, 0.1) is 0 Å². The predicted molar refractivity (Wildman–Crippen MR) is 88.6 cm³/mol. The minimum absolute atomic E-state index is 0. The average molecular weight is 326 g/mol. The molecule has 1 aromatic rings. The van der Waals surface area contributed by atoms with Crippen LogP contribution >= 0.6 is 12.4 Å². The van der Waals surface area contributed by atoms with Crippen molar-refractivity contribution in [2.75, 3.05) is 13.1 Å². The van der Waals surface area contributed by atoms with E-state index < -0.39 is 6.04 Å². The number of nitrogens with one attached hydrogen (secondary N) is 1. The Kier molecular flexibility index (Phi) is 6.84. The summed E-state index contributed by atoms with van der Waals surface area (Å²) >= 11 is 0. The second kappa shape index (κ2) is 8.15. The van der Waals surface area contributed by atoms with Gasteiger partial charge in [-0.15, -0.1) is 12.4 Å². The third kappa shape index (κ3) is 4.21. The van der Waals surface area contributed by atoms with E-state index in [9.17, 15) is 9.59 Å². The first-order chi connectivity index (χ1) is 10.0. The molecule has 0 aromatic heterocycles. The largest absolute Gasteiger partial charge is 0.353 e. The molecule has 6 heteroatoms. The van der Waals surface area contributed by atoms with Gasteiger partial charge in [-0.2, -0.15) is 0 Å². The number of nitrogens with zero attached hydrogens (tertiary/aromatic N) is 1. The molecule has 1 aromatic carbocycles. The van der Waals surface area contributed by atoms with Crippen LogP contribution in [0.3, 0.4) is 0 Å². The molecule has 5 nitrogen and oxygen atoms in total. The number of carbonyl (C=O) groups excluding carboxylic acids is 2. The molecule has 2 unspecified atom stereocenters. The van der Waals surface area contributed by atoms with Gasteiger partial charge >= 0.3 is 0 Å². The maximum Gasteiger partial charge on any atom is 0.243 e. The fraction of sp³-hybridized carbons (Fsp3) is 0.500. The van der Waals surface area contributed by atoms with Crippen molar-refractivity contribution >= 4 is 24.2 Å². The summed E-state index contributed by atoms with van der Waals surface area (Å²) < 4.78 is 0. The zero-order valence-corrected chi connectivity index (χ0v) is 13.8. The van der Waals surface area contributed by atoms with Gasteiger partial charge < -0.3 is 16.0 Å². The summed E-state index contributed by atoms with van der Waals surface area (Å²) in [6, 6.07) is 8.84. The SMILES string of the molecule is CC(C)C1C(=O)NCCN1C(=O)CC(N)c1ccccc1.Cl. The lowest BCUT2D eigenvalue weighted by Crippen LogP contribution is -2.59. The maximum atomic E-state index is 12.5. The number of hydrogen-bond donors (Lipinski definition) is 2. The molecule has 22 heavy (non-hydrogen) atoms. The molecule has 1 saturated heterocycles. The second-order valence-corrected chi connectivity index (χ2v) is 5.79. The highest BCUT2D eigenvalue weighted by atomic mass is 35.5. The van der Waals surface area contributed by atoms with Crippen LogP contribution in [0.25, 0.3) is 0 Å². The third-order valence-electron chi connectivity index (χ3n) is 3.83. The van der Waals surface area contributed by atoms with E-state index in [-0.39, 0.29) is 42.6 Å². The van der Waals surface area contributed by atoms with Crippen molar-refractivity contribution in [3.05, 3.63) is 35.9 Å². The second-order valence-electron chi connectivity index (χ2n) is 5.79. The van der Waals surface area contributed by atoms with Crippen LogP contribution in [0.15, 0.2) is 30.3 Å². The lowest BCUT2D eigenvalue weighted by molar-refractivity contribution is -0.145. The molecule has 1 aliphatic rings. The van der Waals surface area contributed by atoms with Gasteiger partial charge in [0, 0.05) is 25.6 Å². The number of benzene rings is 1. The summed E-state index contributed by atoms with van der Waals surface area (Å²) in [5.41, 5.74) is 7.05. The summed E-state index contributed by atoms with van der Waals surface area (Å²) in [4.78, 5) is 26.2. The van der Waals surface area contributed by atoms with Crippen LogP contribution < -0.4 is 11.1 Å². The molecule has 0 aliphatic carbocycles. The fourth-order valence-corrected chi connectivity index (χ4v) is 2.75. The van der Waals surface area contributed by atoms with Crippen molar-refractivity contribution < 1.29 is 9.59 Å². The summed E-state index contributed by atoms with van der Waals surface area (Å²) in [5, 5.41) is 2.82. The van der Waals surface area contributed by atoms with Gasteiger partial charge in [-0.3, -0.25) is 9.59 Å². The summed E-state index contributed by atoms with van der Waals surface area (Å²) in [6.45, 7) is 4.96. The number of rotatable bonds is 4. The fourth-order valence-electron chi connectivity index (χ4n) is 2.75. The standard InChI is InChI=1S/C16H23N3O2.ClH/c1-11(2)15-16(21)18-8-9-19(15)14(20)10-13(17)12-6-4-3-5-7-12;/h3-7,11,13,15H,8-10,17H2,1-2H3,(H,18,21);1H. The minimum Gasteiger partial charge on any atom is -0.353 e. The van der Waals surface area contributed by atoms with Crippen molar-refractivity contribution in [3.8, 4) is 0 Å². The number of hydrogen-bond acceptors (Lipinski definition) is 3. The first-order valence-corrected chi connectivity index (χ1v) is 7.38. The molecule has 0 radical (unpaired) electrons. The van der Waals surface area contributed by atoms with Gasteiger partial charge in [0.25, 0.3) is 0 Å². The predicted octanol–water partition coefficient (Wildman–Crippen LogP) is 1.48. The Bertz CT molecular complexity index is 507. The zero-order valence-electron chi connectivity index (χ0n) is 13.0. The smallest absolute Gasteiger partial charge is 0.243 e. The maximum absolute atomic E-state index is 12.5. The molecular formula is C16H24ClN3O2. The van der Waals surface area contributed by atoms with Crippen molar-refractivity contribution in [2.45, 2.75) is 32.4 Å². The molecule has 3 N–H and O–H groups in total. The lowest BCUT2D eigenvalue weighted by atomic mass is 9.97. The quantitative estimate of drug-likeness (QED) is 0.880. The number of amides is 2. The van der Waals surface area contributed by atoms with Crippen LogP contribution in [0.4, 0.5) is 0 Å². The van der Waals surface area contributed by atoms with Gasteiger partial charge in [0.1, 0.15) is 6.04 Å². The first kappa shape index (κ1) is 18.5. The van der Waals surface area contributed by atoms with Crippen molar-refractivity contribution in [3.63, 3.8) is 0 Å². The molecule has 122 valence electrons. The van der Waals surface area contributed by atoms with Crippen molar-refractivity contribution in [2.24, 2.45) is 11.7 Å². The first-order valence-electron chi connectivity index (χ1n) is 7.38. The third-order valence-corrected chi connectivity index (χ3v) is 3.83. The highest BCUT2D eigenvalue weighted by molar-refractivity contribution is 5.89. The van der Waals surface area contributed by atoms with Gasteiger partial charge in [0.15, 0.2) is 0 Å². The molecule has 2 amide bonds. The molecular weight excluding hydrogens is 302 g/mol. The Labute approximate surface area is 137 Å². The van der Waals surface area contributed by atoms with Crippen molar-refractivity contribution in [1.82, 2.24) is 10.2 Å². The van der Waals surface area contributed by atoms with Crippen LogP contribution in [0.5, 0.6) is 0 Å². The molecule has 1 aliphatic heterocycles. The van der Waals surface area contributed by atoms with E-state index in [1.54, 1.807) is 4.90 Å². The monoisotopic (exact) mass is 325 g/mol. The van der Waals surface area contributed by atoms with E-state index in [1.165, 1.54) is 0 Å². The zero-order chi connectivity index (χ0) is 15.4. The van der Waals surface area contributed by atoms with Gasteiger partial charge in [-0.25, -0.2) is 0 Å². The Morgan fingerprint density at radius 1 is 1.36 bits per heavy atom. The van der Waals surface area contributed by atoms with E-state index >= 15 is 0 Å². The van der Waals surface area contributed by atoms with E-state index in [4.69, 9.17) is 5.73 Å². The number of halogens is 1. The Hall–Kier alpha value is -1.59.